The van der Waals surface area contributed by atoms with E-state index in [2.05, 4.69) is 26.1 Å². The zero-order chi connectivity index (χ0) is 14.7. The Morgan fingerprint density at radius 1 is 1.25 bits per heavy atom. The first-order valence-corrected chi connectivity index (χ1v) is 7.11. The number of hydrogen-bond acceptors (Lipinski definition) is 3. The van der Waals surface area contributed by atoms with E-state index in [1.54, 1.807) is 4.90 Å². The largest absolute Gasteiger partial charge is 0.374 e. The quantitative estimate of drug-likeness (QED) is 0.848. The first-order valence-electron chi connectivity index (χ1n) is 6.32. The highest BCUT2D eigenvalue weighted by Crippen LogP contribution is 2.23. The third-order valence-electron chi connectivity index (χ3n) is 3.30. The summed E-state index contributed by atoms with van der Waals surface area (Å²) in [6.07, 6.45) is 0. The van der Waals surface area contributed by atoms with Crippen molar-refractivity contribution in [3.63, 3.8) is 0 Å². The van der Waals surface area contributed by atoms with E-state index in [0.717, 1.165) is 25.2 Å². The molecular weight excluding hydrogens is 332 g/mol. The van der Waals surface area contributed by atoms with Gasteiger partial charge in [0.05, 0.1) is 16.7 Å². The number of likely N-dealkylation sites (N-methyl/N-ethyl adjacent to an activating group) is 1. The van der Waals surface area contributed by atoms with Gasteiger partial charge in [-0.05, 0) is 29.0 Å². The van der Waals surface area contributed by atoms with Gasteiger partial charge < -0.3 is 15.1 Å². The normalized spacial score (nSPS) is 16.3. The molecule has 0 atom stereocenters. The molecule has 0 aromatic heterocycles. The van der Waals surface area contributed by atoms with Gasteiger partial charge >= 0.3 is 0 Å². The summed E-state index contributed by atoms with van der Waals surface area (Å²) in [5.74, 6) is -1.27. The van der Waals surface area contributed by atoms with Crippen LogP contribution in [0, 0.1) is 11.6 Å². The van der Waals surface area contributed by atoms with Gasteiger partial charge in [-0.3, -0.25) is 4.79 Å². The third-order valence-corrected chi connectivity index (χ3v) is 3.90. The lowest BCUT2D eigenvalue weighted by Gasteiger charge is -2.32. The van der Waals surface area contributed by atoms with Crippen molar-refractivity contribution in [3.8, 4) is 0 Å². The molecule has 4 nitrogen and oxygen atoms in total. The Kier molecular flexibility index (Phi) is 4.93. The van der Waals surface area contributed by atoms with Gasteiger partial charge in [0.1, 0.15) is 11.6 Å². The minimum Gasteiger partial charge on any atom is -0.374 e. The Balaban J connectivity index is 1.92. The predicted octanol–water partition coefficient (Wildman–Crippen LogP) is 1.91. The zero-order valence-corrected chi connectivity index (χ0v) is 12.7. The SMILES string of the molecule is CN1CCN(C(=O)CNc2cc(F)c(Br)cc2F)CC1. The Morgan fingerprint density at radius 3 is 2.55 bits per heavy atom. The van der Waals surface area contributed by atoms with Crippen molar-refractivity contribution in [1.29, 1.82) is 0 Å². The fraction of sp³-hybridized carbons (Fsp3) is 0.462. The minimum atomic E-state index is -0.593. The molecule has 1 fully saturated rings. The van der Waals surface area contributed by atoms with Crippen LogP contribution in [0.3, 0.4) is 0 Å². The number of nitrogens with one attached hydrogen (secondary N) is 1. The molecule has 1 aliphatic rings. The highest BCUT2D eigenvalue weighted by atomic mass is 79.9. The van der Waals surface area contributed by atoms with Crippen molar-refractivity contribution in [1.82, 2.24) is 9.80 Å². The lowest BCUT2D eigenvalue weighted by molar-refractivity contribution is -0.130. The van der Waals surface area contributed by atoms with Crippen LogP contribution in [0.15, 0.2) is 16.6 Å². The van der Waals surface area contributed by atoms with Gasteiger partial charge in [-0.15, -0.1) is 0 Å². The number of carbonyl (C=O) groups excluding carboxylic acids is 1. The van der Waals surface area contributed by atoms with Crippen LogP contribution in [-0.2, 0) is 4.79 Å². The highest BCUT2D eigenvalue weighted by Gasteiger charge is 2.19. The van der Waals surface area contributed by atoms with E-state index in [-0.39, 0.29) is 22.6 Å². The fourth-order valence-electron chi connectivity index (χ4n) is 2.00. The Labute approximate surface area is 124 Å². The van der Waals surface area contributed by atoms with Crippen LogP contribution in [0.4, 0.5) is 14.5 Å². The average molecular weight is 348 g/mol. The minimum absolute atomic E-state index is 0.00632. The summed E-state index contributed by atoms with van der Waals surface area (Å²) in [7, 11) is 2.00. The summed E-state index contributed by atoms with van der Waals surface area (Å²) in [6, 6.07) is 2.08. The zero-order valence-electron chi connectivity index (χ0n) is 11.1. The second-order valence-corrected chi connectivity index (χ2v) is 5.64. The van der Waals surface area contributed by atoms with Crippen molar-refractivity contribution < 1.29 is 13.6 Å². The van der Waals surface area contributed by atoms with Crippen molar-refractivity contribution >= 4 is 27.5 Å². The van der Waals surface area contributed by atoms with Crippen LogP contribution < -0.4 is 5.32 Å². The second kappa shape index (κ2) is 6.49. The van der Waals surface area contributed by atoms with Crippen LogP contribution in [0.2, 0.25) is 0 Å². The molecule has 110 valence electrons. The molecule has 1 amide bonds. The summed E-state index contributed by atoms with van der Waals surface area (Å²) in [5.41, 5.74) is -0.00632. The molecule has 0 saturated carbocycles. The van der Waals surface area contributed by atoms with Gasteiger partial charge in [0.15, 0.2) is 0 Å². The standard InChI is InChI=1S/C13H16BrF2N3O/c1-18-2-4-19(5-3-18)13(20)8-17-12-7-10(15)9(14)6-11(12)16/h6-7,17H,2-5,8H2,1H3. The molecule has 20 heavy (non-hydrogen) atoms. The van der Waals surface area contributed by atoms with Crippen LogP contribution in [0.5, 0.6) is 0 Å². The highest BCUT2D eigenvalue weighted by molar-refractivity contribution is 9.10. The molecule has 2 rings (SSSR count). The van der Waals surface area contributed by atoms with Crippen molar-refractivity contribution in [2.75, 3.05) is 45.1 Å². The van der Waals surface area contributed by atoms with E-state index >= 15 is 0 Å². The first-order chi connectivity index (χ1) is 9.47. The number of hydrogen-bond donors (Lipinski definition) is 1. The molecule has 1 aromatic rings. The summed E-state index contributed by atoms with van der Waals surface area (Å²) >= 11 is 2.91. The van der Waals surface area contributed by atoms with Gasteiger partial charge in [0.25, 0.3) is 0 Å². The van der Waals surface area contributed by atoms with E-state index in [0.29, 0.717) is 13.1 Å². The number of halogens is 3. The maximum absolute atomic E-state index is 13.6. The van der Waals surface area contributed by atoms with Crippen LogP contribution in [-0.4, -0.2) is 55.5 Å². The van der Waals surface area contributed by atoms with Gasteiger partial charge in [0, 0.05) is 32.2 Å². The van der Waals surface area contributed by atoms with E-state index < -0.39 is 11.6 Å². The Hall–Kier alpha value is -1.21. The van der Waals surface area contributed by atoms with Gasteiger partial charge in [-0.2, -0.15) is 0 Å². The topological polar surface area (TPSA) is 35.6 Å². The second-order valence-electron chi connectivity index (χ2n) is 4.78. The third kappa shape index (κ3) is 3.67. The predicted molar refractivity (Wildman–Crippen MR) is 76.6 cm³/mol. The molecule has 1 aromatic carbocycles. The smallest absolute Gasteiger partial charge is 0.241 e. The molecule has 0 unspecified atom stereocenters. The lowest BCUT2D eigenvalue weighted by Crippen LogP contribution is -2.48. The van der Waals surface area contributed by atoms with Crippen molar-refractivity contribution in [2.45, 2.75) is 0 Å². The van der Waals surface area contributed by atoms with Crippen molar-refractivity contribution in [2.24, 2.45) is 0 Å². The summed E-state index contributed by atoms with van der Waals surface area (Å²) in [4.78, 5) is 15.8. The maximum Gasteiger partial charge on any atom is 0.241 e. The molecular formula is C13H16BrF2N3O. The number of piperazine rings is 1. The molecule has 0 radical (unpaired) electrons. The maximum atomic E-state index is 13.6. The Bertz CT molecular complexity index is 505. The summed E-state index contributed by atoms with van der Waals surface area (Å²) in [6.45, 7) is 2.93. The van der Waals surface area contributed by atoms with E-state index in [4.69, 9.17) is 0 Å². The number of anilines is 1. The molecule has 7 heteroatoms. The molecule has 1 heterocycles. The van der Waals surface area contributed by atoms with E-state index in [9.17, 15) is 13.6 Å². The van der Waals surface area contributed by atoms with Crippen LogP contribution in [0.25, 0.3) is 0 Å². The summed E-state index contributed by atoms with van der Waals surface area (Å²) < 4.78 is 27.0. The van der Waals surface area contributed by atoms with Gasteiger partial charge in [-0.25, -0.2) is 8.78 Å². The molecule has 1 aliphatic heterocycles. The number of carbonyl (C=O) groups is 1. The number of rotatable bonds is 3. The van der Waals surface area contributed by atoms with Crippen LogP contribution >= 0.6 is 15.9 Å². The molecule has 0 aliphatic carbocycles. The lowest BCUT2D eigenvalue weighted by atomic mass is 10.3. The fourth-order valence-corrected chi connectivity index (χ4v) is 2.31. The van der Waals surface area contributed by atoms with E-state index in [1.165, 1.54) is 0 Å². The molecule has 0 spiro atoms. The number of amides is 1. The average Bonchev–Trinajstić information content (AvgIpc) is 2.42. The number of nitrogens with zero attached hydrogens (tertiary/aromatic N) is 2. The van der Waals surface area contributed by atoms with Gasteiger partial charge in [-0.1, -0.05) is 0 Å². The Morgan fingerprint density at radius 2 is 1.90 bits per heavy atom. The first kappa shape index (κ1) is 15.2. The molecule has 1 N–H and O–H groups in total. The molecule has 1 saturated heterocycles. The van der Waals surface area contributed by atoms with E-state index in [1.807, 2.05) is 7.05 Å². The van der Waals surface area contributed by atoms with Crippen LogP contribution in [0.1, 0.15) is 0 Å². The van der Waals surface area contributed by atoms with Gasteiger partial charge in [0.2, 0.25) is 5.91 Å². The summed E-state index contributed by atoms with van der Waals surface area (Å²) in [5, 5.41) is 2.65. The number of benzene rings is 1. The van der Waals surface area contributed by atoms with Crippen molar-refractivity contribution in [3.05, 3.63) is 28.2 Å². The monoisotopic (exact) mass is 347 g/mol. The molecule has 0 bridgehead atoms.